The highest BCUT2D eigenvalue weighted by molar-refractivity contribution is 5.98. The number of benzene rings is 4. The molecule has 0 aliphatic carbocycles. The van der Waals surface area contributed by atoms with Crippen molar-refractivity contribution in [1.82, 2.24) is 0 Å². The van der Waals surface area contributed by atoms with Crippen LogP contribution in [0, 0.1) is 6.92 Å². The highest BCUT2D eigenvalue weighted by Gasteiger charge is 2.39. The van der Waals surface area contributed by atoms with E-state index in [2.05, 4.69) is 0 Å². The SMILES string of the molecule is Cc1ccccc1COc1ccc2c(=O)c(-c3cccc4ccccc34)c(C(F)(F)F)oc2c1. The second-order valence-electron chi connectivity index (χ2n) is 8.03. The third-order valence-electron chi connectivity index (χ3n) is 5.84. The summed E-state index contributed by atoms with van der Waals surface area (Å²) < 4.78 is 53.4. The average Bonchev–Trinajstić information content (AvgIpc) is 2.82. The lowest BCUT2D eigenvalue weighted by molar-refractivity contribution is -0.152. The molecule has 0 atom stereocenters. The standard InChI is InChI=1S/C28H19F3O3/c1-17-7-2-3-9-19(17)16-33-20-13-14-23-24(15-20)34-27(28(29,30)31)25(26(23)32)22-12-6-10-18-8-4-5-11-21(18)22/h2-15H,16H2,1H3. The predicted molar refractivity (Wildman–Crippen MR) is 126 cm³/mol. The van der Waals surface area contributed by atoms with Gasteiger partial charge in [0.1, 0.15) is 17.9 Å². The molecule has 0 saturated heterocycles. The van der Waals surface area contributed by atoms with Crippen LogP contribution in [0.2, 0.25) is 0 Å². The van der Waals surface area contributed by atoms with Crippen LogP contribution in [0.4, 0.5) is 13.2 Å². The van der Waals surface area contributed by atoms with Crippen LogP contribution < -0.4 is 10.2 Å². The fourth-order valence-electron chi connectivity index (χ4n) is 4.08. The normalized spacial score (nSPS) is 11.8. The van der Waals surface area contributed by atoms with Gasteiger partial charge in [-0.25, -0.2) is 0 Å². The first-order valence-corrected chi connectivity index (χ1v) is 10.7. The van der Waals surface area contributed by atoms with E-state index in [4.69, 9.17) is 9.15 Å². The molecule has 0 spiro atoms. The van der Waals surface area contributed by atoms with Crippen LogP contribution in [0.3, 0.4) is 0 Å². The summed E-state index contributed by atoms with van der Waals surface area (Å²) in [6.45, 7) is 2.19. The zero-order valence-corrected chi connectivity index (χ0v) is 18.1. The van der Waals surface area contributed by atoms with Crippen LogP contribution in [0.1, 0.15) is 16.9 Å². The summed E-state index contributed by atoms with van der Waals surface area (Å²) in [5.74, 6) is -1.01. The quantitative estimate of drug-likeness (QED) is 0.278. The molecule has 170 valence electrons. The summed E-state index contributed by atoms with van der Waals surface area (Å²) >= 11 is 0. The average molecular weight is 460 g/mol. The molecule has 4 aromatic carbocycles. The van der Waals surface area contributed by atoms with Crippen LogP contribution in [-0.4, -0.2) is 0 Å². The largest absolute Gasteiger partial charge is 0.489 e. The molecule has 5 aromatic rings. The van der Waals surface area contributed by atoms with Gasteiger partial charge >= 0.3 is 6.18 Å². The number of hydrogen-bond donors (Lipinski definition) is 0. The van der Waals surface area contributed by atoms with E-state index in [1.54, 1.807) is 42.5 Å². The Morgan fingerprint density at radius 1 is 0.853 bits per heavy atom. The first kappa shape index (κ1) is 21.8. The van der Waals surface area contributed by atoms with Gasteiger partial charge in [-0.1, -0.05) is 66.7 Å². The van der Waals surface area contributed by atoms with Gasteiger partial charge in [-0.05, 0) is 46.5 Å². The van der Waals surface area contributed by atoms with E-state index in [1.807, 2.05) is 31.2 Å². The van der Waals surface area contributed by atoms with E-state index >= 15 is 0 Å². The highest BCUT2D eigenvalue weighted by atomic mass is 19.4. The number of rotatable bonds is 4. The Kier molecular flexibility index (Phi) is 5.36. The maximum absolute atomic E-state index is 14.1. The molecule has 0 saturated carbocycles. The number of hydrogen-bond acceptors (Lipinski definition) is 3. The topological polar surface area (TPSA) is 39.4 Å². The van der Waals surface area contributed by atoms with Crippen molar-refractivity contribution in [1.29, 1.82) is 0 Å². The summed E-state index contributed by atoms with van der Waals surface area (Å²) in [5, 5.41) is 1.33. The third kappa shape index (κ3) is 3.92. The van der Waals surface area contributed by atoms with Crippen molar-refractivity contribution in [3.8, 4) is 16.9 Å². The van der Waals surface area contributed by atoms with Gasteiger partial charge in [0.2, 0.25) is 11.2 Å². The van der Waals surface area contributed by atoms with Crippen LogP contribution in [-0.2, 0) is 12.8 Å². The summed E-state index contributed by atoms with van der Waals surface area (Å²) in [7, 11) is 0. The zero-order chi connectivity index (χ0) is 23.9. The second-order valence-corrected chi connectivity index (χ2v) is 8.03. The van der Waals surface area contributed by atoms with Crippen molar-refractivity contribution in [2.45, 2.75) is 19.7 Å². The molecule has 3 nitrogen and oxygen atoms in total. The van der Waals surface area contributed by atoms with Crippen LogP contribution in [0.25, 0.3) is 32.9 Å². The van der Waals surface area contributed by atoms with Crippen molar-refractivity contribution in [3.05, 3.63) is 112 Å². The van der Waals surface area contributed by atoms with Crippen LogP contribution >= 0.6 is 0 Å². The van der Waals surface area contributed by atoms with Crippen molar-refractivity contribution in [3.63, 3.8) is 0 Å². The van der Waals surface area contributed by atoms with Gasteiger partial charge in [0, 0.05) is 6.07 Å². The molecule has 1 aromatic heterocycles. The second kappa shape index (κ2) is 8.37. The minimum atomic E-state index is -4.86. The van der Waals surface area contributed by atoms with Crippen molar-refractivity contribution >= 4 is 21.7 Å². The fourth-order valence-corrected chi connectivity index (χ4v) is 4.08. The molecular formula is C28H19F3O3. The van der Waals surface area contributed by atoms with Crippen LogP contribution in [0.15, 0.2) is 94.1 Å². The van der Waals surface area contributed by atoms with Gasteiger partial charge in [0.15, 0.2) is 0 Å². The molecule has 0 radical (unpaired) electrons. The number of fused-ring (bicyclic) bond motifs is 2. The molecule has 5 rings (SSSR count). The molecule has 6 heteroatoms. The molecule has 0 aliphatic heterocycles. The van der Waals surface area contributed by atoms with Crippen LogP contribution in [0.5, 0.6) is 5.75 Å². The summed E-state index contributed by atoms with van der Waals surface area (Å²) in [5.41, 5.74) is 0.755. The van der Waals surface area contributed by atoms with Gasteiger partial charge < -0.3 is 9.15 Å². The van der Waals surface area contributed by atoms with Crippen molar-refractivity contribution < 1.29 is 22.3 Å². The maximum Gasteiger partial charge on any atom is 0.450 e. The molecule has 0 unspecified atom stereocenters. The minimum Gasteiger partial charge on any atom is -0.489 e. The molecule has 0 fully saturated rings. The lowest BCUT2D eigenvalue weighted by atomic mass is 9.96. The predicted octanol–water partition coefficient (Wildman–Crippen LogP) is 7.52. The Hall–Kier alpha value is -4.06. The van der Waals surface area contributed by atoms with Gasteiger partial charge in [-0.15, -0.1) is 0 Å². The van der Waals surface area contributed by atoms with E-state index < -0.39 is 22.9 Å². The molecule has 34 heavy (non-hydrogen) atoms. The number of halogens is 3. The molecule has 0 amide bonds. The van der Waals surface area contributed by atoms with Gasteiger partial charge in [0.25, 0.3) is 0 Å². The monoisotopic (exact) mass is 460 g/mol. The Bertz CT molecular complexity index is 1580. The van der Waals surface area contributed by atoms with E-state index in [1.165, 1.54) is 18.2 Å². The first-order chi connectivity index (χ1) is 16.3. The smallest absolute Gasteiger partial charge is 0.450 e. The highest BCUT2D eigenvalue weighted by Crippen LogP contribution is 2.39. The van der Waals surface area contributed by atoms with E-state index in [9.17, 15) is 18.0 Å². The van der Waals surface area contributed by atoms with Crippen molar-refractivity contribution in [2.75, 3.05) is 0 Å². The summed E-state index contributed by atoms with van der Waals surface area (Å²) in [6, 6.07) is 23.9. The Morgan fingerprint density at radius 2 is 1.59 bits per heavy atom. The number of ether oxygens (including phenoxy) is 1. The lowest BCUT2D eigenvalue weighted by Crippen LogP contribution is -2.16. The maximum atomic E-state index is 14.1. The molecule has 0 bridgehead atoms. The number of alkyl halides is 3. The molecule has 0 N–H and O–H groups in total. The molecular weight excluding hydrogens is 441 g/mol. The van der Waals surface area contributed by atoms with Gasteiger partial charge in [-0.2, -0.15) is 13.2 Å². The Labute approximate surface area is 193 Å². The Balaban J connectivity index is 1.66. The number of aryl methyl sites for hydroxylation is 1. The third-order valence-corrected chi connectivity index (χ3v) is 5.84. The fraction of sp³-hybridized carbons (Fsp3) is 0.107. The van der Waals surface area contributed by atoms with E-state index in [0.29, 0.717) is 11.1 Å². The zero-order valence-electron chi connectivity index (χ0n) is 18.1. The minimum absolute atomic E-state index is 0.0548. The summed E-state index contributed by atoms with van der Waals surface area (Å²) in [6.07, 6.45) is -4.86. The van der Waals surface area contributed by atoms with Crippen molar-refractivity contribution in [2.24, 2.45) is 0 Å². The van der Waals surface area contributed by atoms with E-state index in [-0.39, 0.29) is 23.1 Å². The summed E-state index contributed by atoms with van der Waals surface area (Å²) in [4.78, 5) is 13.4. The first-order valence-electron chi connectivity index (χ1n) is 10.7. The molecule has 0 aliphatic rings. The van der Waals surface area contributed by atoms with Gasteiger partial charge in [-0.3, -0.25) is 4.79 Å². The van der Waals surface area contributed by atoms with Gasteiger partial charge in [0.05, 0.1) is 10.9 Å². The Morgan fingerprint density at radius 3 is 2.38 bits per heavy atom. The molecule has 1 heterocycles. The van der Waals surface area contributed by atoms with E-state index in [0.717, 1.165) is 16.5 Å². The lowest BCUT2D eigenvalue weighted by Gasteiger charge is -2.15.